The molecular formula is HAsO3Sr. The standard InChI is InChI=1S/AsHO3.Sr/c2-1(3)4;/h2H;/q-2;+2. The molecule has 0 heterocycles. The van der Waals surface area contributed by atoms with Gasteiger partial charge in [0.2, 0.25) is 0 Å². The molecule has 0 bridgehead atoms. The minimum absolute atomic E-state index is 0. The maximum absolute atomic E-state index is 8.67. The smallest absolute Gasteiger partial charge is 2.00 e. The molecule has 0 aliphatic carbocycles. The third-order valence-electron chi connectivity index (χ3n) is 0. The van der Waals surface area contributed by atoms with Gasteiger partial charge in [0.1, 0.15) is 0 Å². The van der Waals surface area contributed by atoms with E-state index in [4.69, 9.17) is 12.3 Å². The molecule has 0 radical (unpaired) electrons. The van der Waals surface area contributed by atoms with Gasteiger partial charge in [0.25, 0.3) is 0 Å². The maximum Gasteiger partial charge on any atom is 2.00 e. The average molecular weight is 212 g/mol. The van der Waals surface area contributed by atoms with E-state index in [2.05, 4.69) is 0 Å². The van der Waals surface area contributed by atoms with Crippen LogP contribution in [0.3, 0.4) is 0 Å². The Kier molecular flexibility index (Phi) is 11.9. The first kappa shape index (κ1) is 10.0. The molecule has 0 saturated heterocycles. The van der Waals surface area contributed by atoms with Crippen molar-refractivity contribution in [2.45, 2.75) is 0 Å². The molecule has 3 nitrogen and oxygen atoms in total. The van der Waals surface area contributed by atoms with E-state index in [1.807, 2.05) is 0 Å². The van der Waals surface area contributed by atoms with Crippen LogP contribution in [-0.4, -0.2) is 65.3 Å². The van der Waals surface area contributed by atoms with Gasteiger partial charge in [-0.3, -0.25) is 0 Å². The molecule has 0 spiro atoms. The molecule has 0 unspecified atom stereocenters. The summed E-state index contributed by atoms with van der Waals surface area (Å²) in [7, 11) is 0. The Labute approximate surface area is 72.2 Å². The minimum Gasteiger partial charge on any atom is 2.00 e. The van der Waals surface area contributed by atoms with Gasteiger partial charge in [-0.1, -0.05) is 0 Å². The predicted octanol–water partition coefficient (Wildman–Crippen LogP) is -3.70. The van der Waals surface area contributed by atoms with Crippen LogP contribution in [-0.2, 0) is 0 Å². The van der Waals surface area contributed by atoms with Crippen LogP contribution in [0, 0.1) is 0 Å². The number of hydrogen-bond acceptors (Lipinski definition) is 3. The Morgan fingerprint density at radius 1 is 1.40 bits per heavy atom. The second kappa shape index (κ2) is 5.92. The Morgan fingerprint density at radius 2 is 1.40 bits per heavy atom. The van der Waals surface area contributed by atoms with Crippen LogP contribution in [0.5, 0.6) is 0 Å². The Bertz CT molecular complexity index is 11.6. The average Bonchev–Trinajstić information content (AvgIpc) is 0.811. The molecule has 0 aromatic heterocycles. The zero-order chi connectivity index (χ0) is 3.58. The van der Waals surface area contributed by atoms with Crippen molar-refractivity contribution in [3.05, 3.63) is 0 Å². The van der Waals surface area contributed by atoms with Gasteiger partial charge in [-0.25, -0.2) is 0 Å². The Hall–Kier alpha value is 1.92. The fourth-order valence-electron chi connectivity index (χ4n) is 0. The van der Waals surface area contributed by atoms with Crippen LogP contribution in [0.15, 0.2) is 0 Å². The molecule has 0 amide bonds. The van der Waals surface area contributed by atoms with Crippen molar-refractivity contribution in [2.75, 3.05) is 0 Å². The van der Waals surface area contributed by atoms with Crippen LogP contribution in [0.25, 0.3) is 0 Å². The van der Waals surface area contributed by atoms with E-state index < -0.39 is 15.7 Å². The Balaban J connectivity index is 0. The summed E-state index contributed by atoms with van der Waals surface area (Å²) in [6.45, 7) is 0. The van der Waals surface area contributed by atoms with Crippen molar-refractivity contribution in [3.63, 3.8) is 0 Å². The topological polar surface area (TPSA) is 66.3 Å². The third-order valence-corrected chi connectivity index (χ3v) is 0. The van der Waals surface area contributed by atoms with E-state index in [-0.39, 0.29) is 45.5 Å². The summed E-state index contributed by atoms with van der Waals surface area (Å²) in [4.78, 5) is 0. The molecule has 0 saturated carbocycles. The molecule has 0 aromatic rings. The molecule has 0 rings (SSSR count). The molecule has 5 heteroatoms. The van der Waals surface area contributed by atoms with Crippen molar-refractivity contribution >= 4 is 61.2 Å². The van der Waals surface area contributed by atoms with E-state index >= 15 is 0 Å². The molecule has 0 aliphatic heterocycles. The maximum atomic E-state index is 8.67. The fraction of sp³-hybridized carbons (Fsp3) is 0. The van der Waals surface area contributed by atoms with Crippen LogP contribution in [0.4, 0.5) is 0 Å². The predicted molar refractivity (Wildman–Crippen MR) is 13.7 cm³/mol. The first-order valence-electron chi connectivity index (χ1n) is 0.565. The fourth-order valence-corrected chi connectivity index (χ4v) is 0. The molecule has 1 N–H and O–H groups in total. The largest absolute Gasteiger partial charge is 2.00 e. The van der Waals surface area contributed by atoms with Crippen molar-refractivity contribution in [3.8, 4) is 0 Å². The van der Waals surface area contributed by atoms with Crippen molar-refractivity contribution < 1.29 is 12.3 Å². The van der Waals surface area contributed by atoms with E-state index in [0.29, 0.717) is 0 Å². The van der Waals surface area contributed by atoms with Gasteiger partial charge in [-0.15, -0.1) is 0 Å². The van der Waals surface area contributed by atoms with Crippen molar-refractivity contribution in [1.29, 1.82) is 0 Å². The normalized spacial score (nSPS) is 7.20. The Morgan fingerprint density at radius 3 is 1.40 bits per heavy atom. The van der Waals surface area contributed by atoms with Gasteiger partial charge in [0.05, 0.1) is 0 Å². The summed E-state index contributed by atoms with van der Waals surface area (Å²) >= 11 is -3.69. The zero-order valence-electron chi connectivity index (χ0n) is 2.42. The number of hydrogen-bond donors (Lipinski definition) is 1. The summed E-state index contributed by atoms with van der Waals surface area (Å²) in [5.41, 5.74) is 0. The van der Waals surface area contributed by atoms with E-state index in [1.54, 1.807) is 0 Å². The van der Waals surface area contributed by atoms with E-state index in [0.717, 1.165) is 0 Å². The van der Waals surface area contributed by atoms with E-state index in [9.17, 15) is 0 Å². The molecule has 26 valence electrons. The molecule has 0 aromatic carbocycles. The van der Waals surface area contributed by atoms with Gasteiger partial charge in [0.15, 0.2) is 0 Å². The molecule has 5 heavy (non-hydrogen) atoms. The summed E-state index contributed by atoms with van der Waals surface area (Å²) in [6, 6.07) is 0. The third kappa shape index (κ3) is 24.7. The van der Waals surface area contributed by atoms with Crippen molar-refractivity contribution in [2.24, 2.45) is 0 Å². The first-order valence-corrected chi connectivity index (χ1v) is 2.94. The minimum atomic E-state index is -3.69. The monoisotopic (exact) mass is 212 g/mol. The summed E-state index contributed by atoms with van der Waals surface area (Å²) < 4.78 is 24.4. The first-order chi connectivity index (χ1) is 1.73. The van der Waals surface area contributed by atoms with Gasteiger partial charge < -0.3 is 0 Å². The van der Waals surface area contributed by atoms with Gasteiger partial charge in [0, 0.05) is 0 Å². The van der Waals surface area contributed by atoms with Gasteiger partial charge >= 0.3 is 73.4 Å². The van der Waals surface area contributed by atoms with Crippen molar-refractivity contribution in [1.82, 2.24) is 0 Å². The summed E-state index contributed by atoms with van der Waals surface area (Å²) in [6.07, 6.45) is 0. The summed E-state index contributed by atoms with van der Waals surface area (Å²) in [5, 5.41) is 0. The number of rotatable bonds is 0. The van der Waals surface area contributed by atoms with Crippen LogP contribution in [0.2, 0.25) is 0 Å². The second-order valence-electron chi connectivity index (χ2n) is 0.238. The zero-order valence-corrected chi connectivity index (χ0v) is 7.77. The van der Waals surface area contributed by atoms with E-state index in [1.165, 1.54) is 0 Å². The molecule has 0 aliphatic rings. The summed E-state index contributed by atoms with van der Waals surface area (Å²) in [5.74, 6) is 0. The van der Waals surface area contributed by atoms with Gasteiger partial charge in [-0.05, 0) is 0 Å². The second-order valence-corrected chi connectivity index (χ2v) is 1.24. The molecule has 0 fully saturated rings. The SMILES string of the molecule is [O-][As]([O-])O.[Sr+2]. The van der Waals surface area contributed by atoms with Gasteiger partial charge in [-0.2, -0.15) is 0 Å². The molecular weight excluding hydrogens is 211 g/mol. The van der Waals surface area contributed by atoms with Crippen LogP contribution in [0.1, 0.15) is 0 Å². The quantitative estimate of drug-likeness (QED) is 0.420. The van der Waals surface area contributed by atoms with Crippen LogP contribution >= 0.6 is 0 Å². The van der Waals surface area contributed by atoms with Crippen LogP contribution < -0.4 is 8.19 Å². The molecule has 0 atom stereocenters.